The summed E-state index contributed by atoms with van der Waals surface area (Å²) in [6.45, 7) is 6.70. The number of nitrogens with one attached hydrogen (secondary N) is 1. The van der Waals surface area contributed by atoms with Crippen molar-refractivity contribution >= 4 is 22.8 Å². The van der Waals surface area contributed by atoms with E-state index >= 15 is 0 Å². The predicted octanol–water partition coefficient (Wildman–Crippen LogP) is 4.12. The summed E-state index contributed by atoms with van der Waals surface area (Å²) in [7, 11) is 0. The van der Waals surface area contributed by atoms with Crippen LogP contribution in [0.25, 0.3) is 0 Å². The third-order valence-electron chi connectivity index (χ3n) is 6.21. The van der Waals surface area contributed by atoms with Crippen molar-refractivity contribution in [3.63, 3.8) is 0 Å². The fourth-order valence-corrected chi connectivity index (χ4v) is 4.10. The second-order valence-corrected chi connectivity index (χ2v) is 7.38. The monoisotopic (exact) mass is 332 g/mol. The van der Waals surface area contributed by atoms with E-state index in [1.807, 2.05) is 0 Å². The molecule has 0 spiro atoms. The number of nitro benzene ring substituents is 2. The highest BCUT2D eigenvalue weighted by molar-refractivity contribution is 5.95. The molecule has 0 aliphatic heterocycles. The van der Waals surface area contributed by atoms with Crippen LogP contribution in [0.2, 0.25) is 0 Å². The molecule has 0 unspecified atom stereocenters. The Morgan fingerprint density at radius 3 is 2.42 bits per heavy atom. The molecule has 2 fully saturated rings. The summed E-state index contributed by atoms with van der Waals surface area (Å²) in [4.78, 5) is 20.7. The first kappa shape index (κ1) is 16.4. The Morgan fingerprint density at radius 1 is 1.21 bits per heavy atom. The van der Waals surface area contributed by atoms with E-state index in [2.05, 4.69) is 31.3 Å². The molecule has 1 aromatic rings. The average molecular weight is 332 g/mol. The molecule has 24 heavy (non-hydrogen) atoms. The summed E-state index contributed by atoms with van der Waals surface area (Å²) < 4.78 is 0. The molecular formula is C16H20N4O4. The zero-order valence-corrected chi connectivity index (χ0v) is 13.9. The quantitative estimate of drug-likeness (QED) is 0.658. The first-order valence-corrected chi connectivity index (χ1v) is 7.93. The van der Waals surface area contributed by atoms with Crippen molar-refractivity contribution in [2.75, 3.05) is 5.43 Å². The topological polar surface area (TPSA) is 111 Å². The summed E-state index contributed by atoms with van der Waals surface area (Å²) in [5.41, 5.74) is 3.46. The van der Waals surface area contributed by atoms with Gasteiger partial charge in [-0.1, -0.05) is 20.8 Å². The average Bonchev–Trinajstić information content (AvgIpc) is 2.85. The van der Waals surface area contributed by atoms with Crippen LogP contribution in [0, 0.1) is 37.0 Å². The normalized spacial score (nSPS) is 29.0. The maximum absolute atomic E-state index is 11.2. The molecule has 1 aromatic carbocycles. The van der Waals surface area contributed by atoms with Crippen molar-refractivity contribution in [1.29, 1.82) is 0 Å². The van der Waals surface area contributed by atoms with Gasteiger partial charge in [-0.25, -0.2) is 0 Å². The Hall–Kier alpha value is -2.51. The van der Waals surface area contributed by atoms with Crippen LogP contribution in [-0.4, -0.2) is 15.6 Å². The van der Waals surface area contributed by atoms with Gasteiger partial charge in [0, 0.05) is 17.2 Å². The van der Waals surface area contributed by atoms with Gasteiger partial charge in [-0.05, 0) is 36.7 Å². The molecule has 0 heterocycles. The van der Waals surface area contributed by atoms with E-state index < -0.39 is 9.85 Å². The maximum atomic E-state index is 11.2. The van der Waals surface area contributed by atoms with E-state index in [0.29, 0.717) is 5.92 Å². The first-order valence-electron chi connectivity index (χ1n) is 7.93. The van der Waals surface area contributed by atoms with Crippen LogP contribution >= 0.6 is 0 Å². The summed E-state index contributed by atoms with van der Waals surface area (Å²) >= 11 is 0. The van der Waals surface area contributed by atoms with Crippen molar-refractivity contribution in [3.8, 4) is 0 Å². The van der Waals surface area contributed by atoms with E-state index in [9.17, 15) is 20.2 Å². The number of nitrogens with zero attached hydrogens (tertiary/aromatic N) is 3. The molecule has 1 N–H and O–H groups in total. The molecule has 0 radical (unpaired) electrons. The second kappa shape index (κ2) is 5.25. The predicted molar refractivity (Wildman–Crippen MR) is 90.0 cm³/mol. The lowest BCUT2D eigenvalue weighted by Crippen LogP contribution is -2.32. The zero-order chi connectivity index (χ0) is 17.7. The zero-order valence-electron chi connectivity index (χ0n) is 13.9. The van der Waals surface area contributed by atoms with Gasteiger partial charge in [0.15, 0.2) is 0 Å². The van der Waals surface area contributed by atoms with Gasteiger partial charge in [0.05, 0.1) is 15.9 Å². The molecule has 0 amide bonds. The van der Waals surface area contributed by atoms with Crippen LogP contribution in [-0.2, 0) is 0 Å². The van der Waals surface area contributed by atoms with E-state index in [0.717, 1.165) is 24.6 Å². The number of nitro groups is 2. The number of hydrogen-bond donors (Lipinski definition) is 1. The number of non-ortho nitro benzene ring substituents is 1. The highest BCUT2D eigenvalue weighted by Crippen LogP contribution is 2.63. The first-order chi connectivity index (χ1) is 11.2. The van der Waals surface area contributed by atoms with Crippen molar-refractivity contribution in [1.82, 2.24) is 0 Å². The molecule has 0 saturated heterocycles. The molecule has 8 heteroatoms. The highest BCUT2D eigenvalue weighted by Gasteiger charge is 2.60. The number of hydrogen-bond acceptors (Lipinski definition) is 6. The third kappa shape index (κ3) is 2.24. The van der Waals surface area contributed by atoms with Crippen LogP contribution in [0.15, 0.2) is 23.3 Å². The molecule has 2 aliphatic rings. The molecule has 2 atom stereocenters. The number of benzene rings is 1. The van der Waals surface area contributed by atoms with Gasteiger partial charge in [0.25, 0.3) is 5.69 Å². The van der Waals surface area contributed by atoms with E-state index in [1.165, 1.54) is 18.6 Å². The molecule has 2 bridgehead atoms. The van der Waals surface area contributed by atoms with Crippen LogP contribution in [0.1, 0.15) is 40.0 Å². The summed E-state index contributed by atoms with van der Waals surface area (Å²) in [6, 6.07) is 3.53. The Morgan fingerprint density at radius 2 is 1.92 bits per heavy atom. The lowest BCUT2D eigenvalue weighted by molar-refractivity contribution is -0.393. The minimum Gasteiger partial charge on any atom is -0.272 e. The lowest BCUT2D eigenvalue weighted by atomic mass is 9.70. The SMILES string of the molecule is CC1(C)[C@H]2CC[C@@]1(C)/C(=N\Nc1ccc([N+](=O)[O-])cc1[N+](=O)[O-])C2. The summed E-state index contributed by atoms with van der Waals surface area (Å²) in [6.07, 6.45) is 3.13. The van der Waals surface area contributed by atoms with Crippen molar-refractivity contribution in [2.45, 2.75) is 40.0 Å². The molecule has 2 saturated carbocycles. The molecule has 0 aromatic heterocycles. The van der Waals surface area contributed by atoms with Gasteiger partial charge in [0.2, 0.25) is 0 Å². The third-order valence-corrected chi connectivity index (χ3v) is 6.21. The summed E-state index contributed by atoms with van der Waals surface area (Å²) in [5.74, 6) is 0.579. The second-order valence-electron chi connectivity index (χ2n) is 7.38. The smallest absolute Gasteiger partial charge is 0.272 e. The van der Waals surface area contributed by atoms with Crippen LogP contribution in [0.5, 0.6) is 0 Å². The molecular weight excluding hydrogens is 312 g/mol. The Balaban J connectivity index is 1.90. The van der Waals surface area contributed by atoms with Gasteiger partial charge < -0.3 is 0 Å². The standard InChI is InChI=1S/C16H20N4O4/c1-15(2)10-6-7-16(15,3)14(8-10)18-17-12-5-4-11(19(21)22)9-13(12)20(23)24/h4-5,9-10,17H,6-8H2,1-3H3/b18-14-/t10-,16-/m0/s1. The molecule has 128 valence electrons. The number of rotatable bonds is 4. The lowest BCUT2D eigenvalue weighted by Gasteiger charge is -2.34. The van der Waals surface area contributed by atoms with Crippen LogP contribution in [0.4, 0.5) is 17.1 Å². The van der Waals surface area contributed by atoms with Gasteiger partial charge >= 0.3 is 5.69 Å². The van der Waals surface area contributed by atoms with E-state index in [-0.39, 0.29) is 27.9 Å². The van der Waals surface area contributed by atoms with Gasteiger partial charge in [0.1, 0.15) is 5.69 Å². The number of anilines is 1. The Bertz CT molecular complexity index is 758. The van der Waals surface area contributed by atoms with Gasteiger partial charge in [-0.2, -0.15) is 5.10 Å². The maximum Gasteiger partial charge on any atom is 0.301 e. The van der Waals surface area contributed by atoms with Crippen molar-refractivity contribution in [2.24, 2.45) is 21.8 Å². The van der Waals surface area contributed by atoms with Crippen molar-refractivity contribution in [3.05, 3.63) is 38.4 Å². The number of hydrazone groups is 1. The van der Waals surface area contributed by atoms with Gasteiger partial charge in [-0.3, -0.25) is 25.7 Å². The number of fused-ring (bicyclic) bond motifs is 2. The van der Waals surface area contributed by atoms with Crippen LogP contribution in [0.3, 0.4) is 0 Å². The summed E-state index contributed by atoms with van der Waals surface area (Å²) in [5, 5.41) is 26.4. The van der Waals surface area contributed by atoms with Gasteiger partial charge in [-0.15, -0.1) is 0 Å². The fraction of sp³-hybridized carbons (Fsp3) is 0.562. The Labute approximate surface area is 139 Å². The van der Waals surface area contributed by atoms with Crippen molar-refractivity contribution < 1.29 is 9.85 Å². The highest BCUT2D eigenvalue weighted by atomic mass is 16.6. The molecule has 3 rings (SSSR count). The van der Waals surface area contributed by atoms with E-state index in [1.54, 1.807) is 0 Å². The largest absolute Gasteiger partial charge is 0.301 e. The molecule has 2 aliphatic carbocycles. The minimum atomic E-state index is -0.651. The fourth-order valence-electron chi connectivity index (χ4n) is 4.10. The Kier molecular flexibility index (Phi) is 3.58. The minimum absolute atomic E-state index is 0.0137. The molecule has 8 nitrogen and oxygen atoms in total. The van der Waals surface area contributed by atoms with E-state index in [4.69, 9.17) is 0 Å². The van der Waals surface area contributed by atoms with Crippen LogP contribution < -0.4 is 5.43 Å².